The first-order valence-corrected chi connectivity index (χ1v) is 7.24. The van der Waals surface area contributed by atoms with Crippen LogP contribution in [0.25, 0.3) is 0 Å². The van der Waals surface area contributed by atoms with Gasteiger partial charge >= 0.3 is 0 Å². The Morgan fingerprint density at radius 1 is 1.55 bits per heavy atom. The summed E-state index contributed by atoms with van der Waals surface area (Å²) in [6, 6.07) is 3.27. The van der Waals surface area contributed by atoms with E-state index in [1.54, 1.807) is 23.5 Å². The SMILES string of the molecule is Cc1csc([C@H](C)CNC(=O)c2cc(CO)ccn2)n1. The Morgan fingerprint density at radius 2 is 2.35 bits per heavy atom. The number of hydrogen-bond donors (Lipinski definition) is 2. The summed E-state index contributed by atoms with van der Waals surface area (Å²) in [6.45, 7) is 4.39. The maximum Gasteiger partial charge on any atom is 0.269 e. The van der Waals surface area contributed by atoms with Gasteiger partial charge in [0.05, 0.1) is 11.6 Å². The van der Waals surface area contributed by atoms with Crippen molar-refractivity contribution < 1.29 is 9.90 Å². The highest BCUT2D eigenvalue weighted by Crippen LogP contribution is 2.18. The van der Waals surface area contributed by atoms with Crippen molar-refractivity contribution in [1.82, 2.24) is 15.3 Å². The molecule has 2 aromatic heterocycles. The Bertz CT molecular complexity index is 598. The minimum absolute atomic E-state index is 0.0996. The number of carbonyl (C=O) groups excluding carboxylic acids is 1. The van der Waals surface area contributed by atoms with Gasteiger partial charge in [0.2, 0.25) is 0 Å². The van der Waals surface area contributed by atoms with E-state index in [1.807, 2.05) is 19.2 Å². The first kappa shape index (κ1) is 14.6. The van der Waals surface area contributed by atoms with Crippen molar-refractivity contribution >= 4 is 17.2 Å². The van der Waals surface area contributed by atoms with E-state index in [4.69, 9.17) is 5.11 Å². The predicted octanol–water partition coefficient (Wildman–Crippen LogP) is 1.87. The van der Waals surface area contributed by atoms with Crippen LogP contribution in [0.3, 0.4) is 0 Å². The molecule has 0 fully saturated rings. The summed E-state index contributed by atoms with van der Waals surface area (Å²) in [5, 5.41) is 14.9. The van der Waals surface area contributed by atoms with E-state index in [1.165, 1.54) is 6.20 Å². The van der Waals surface area contributed by atoms with Crippen LogP contribution in [0, 0.1) is 6.92 Å². The van der Waals surface area contributed by atoms with Crippen molar-refractivity contribution in [3.05, 3.63) is 45.7 Å². The quantitative estimate of drug-likeness (QED) is 0.882. The Kier molecular flexibility index (Phi) is 4.81. The monoisotopic (exact) mass is 291 g/mol. The Hall–Kier alpha value is -1.79. The van der Waals surface area contributed by atoms with Crippen LogP contribution in [0.1, 0.15) is 39.6 Å². The van der Waals surface area contributed by atoms with Gasteiger partial charge in [0.15, 0.2) is 0 Å². The molecule has 0 radical (unpaired) electrons. The second kappa shape index (κ2) is 6.58. The van der Waals surface area contributed by atoms with Crippen LogP contribution in [0.2, 0.25) is 0 Å². The minimum Gasteiger partial charge on any atom is -0.392 e. The second-order valence-corrected chi connectivity index (χ2v) is 5.54. The lowest BCUT2D eigenvalue weighted by Gasteiger charge is -2.10. The van der Waals surface area contributed by atoms with Gasteiger partial charge in [-0.25, -0.2) is 4.98 Å². The van der Waals surface area contributed by atoms with Gasteiger partial charge in [-0.05, 0) is 24.6 Å². The molecule has 2 N–H and O–H groups in total. The number of thiazole rings is 1. The second-order valence-electron chi connectivity index (χ2n) is 4.65. The summed E-state index contributed by atoms with van der Waals surface area (Å²) < 4.78 is 0. The highest BCUT2D eigenvalue weighted by Gasteiger charge is 2.13. The maximum absolute atomic E-state index is 12.0. The molecule has 1 atom stereocenters. The van der Waals surface area contributed by atoms with E-state index in [0.29, 0.717) is 17.8 Å². The zero-order valence-electron chi connectivity index (χ0n) is 11.5. The van der Waals surface area contributed by atoms with Crippen molar-refractivity contribution in [3.63, 3.8) is 0 Å². The number of nitrogens with one attached hydrogen (secondary N) is 1. The number of amides is 1. The molecule has 0 aliphatic carbocycles. The molecule has 0 bridgehead atoms. The van der Waals surface area contributed by atoms with E-state index < -0.39 is 0 Å². The molecule has 5 nitrogen and oxygen atoms in total. The summed E-state index contributed by atoms with van der Waals surface area (Å²) in [5.74, 6) is -0.0703. The highest BCUT2D eigenvalue weighted by atomic mass is 32.1. The third kappa shape index (κ3) is 3.61. The molecule has 0 aliphatic heterocycles. The molecule has 0 saturated carbocycles. The topological polar surface area (TPSA) is 75.1 Å². The third-order valence-corrected chi connectivity index (χ3v) is 4.06. The average Bonchev–Trinajstić information content (AvgIpc) is 2.91. The smallest absolute Gasteiger partial charge is 0.269 e. The number of aromatic nitrogens is 2. The lowest BCUT2D eigenvalue weighted by Crippen LogP contribution is -2.28. The number of aryl methyl sites for hydroxylation is 1. The molecule has 2 rings (SSSR count). The largest absolute Gasteiger partial charge is 0.392 e. The summed E-state index contributed by atoms with van der Waals surface area (Å²) in [4.78, 5) is 20.4. The van der Waals surface area contributed by atoms with Crippen LogP contribution in [-0.2, 0) is 6.61 Å². The predicted molar refractivity (Wildman–Crippen MR) is 77.8 cm³/mol. The van der Waals surface area contributed by atoms with E-state index in [2.05, 4.69) is 15.3 Å². The van der Waals surface area contributed by atoms with Crippen LogP contribution < -0.4 is 5.32 Å². The zero-order chi connectivity index (χ0) is 14.5. The normalized spacial score (nSPS) is 12.2. The molecular weight excluding hydrogens is 274 g/mol. The average molecular weight is 291 g/mol. The molecule has 0 spiro atoms. The molecule has 6 heteroatoms. The van der Waals surface area contributed by atoms with Gasteiger partial charge in [0, 0.05) is 29.7 Å². The molecular formula is C14H17N3O2S. The van der Waals surface area contributed by atoms with Crippen LogP contribution >= 0.6 is 11.3 Å². The summed E-state index contributed by atoms with van der Waals surface area (Å²) >= 11 is 1.60. The molecule has 0 saturated heterocycles. The molecule has 1 amide bonds. The Balaban J connectivity index is 1.94. The number of carbonyl (C=O) groups is 1. The molecule has 106 valence electrons. The number of pyridine rings is 1. The van der Waals surface area contributed by atoms with Crippen LogP contribution in [-0.4, -0.2) is 27.5 Å². The van der Waals surface area contributed by atoms with Crippen molar-refractivity contribution in [3.8, 4) is 0 Å². The number of hydrogen-bond acceptors (Lipinski definition) is 5. The highest BCUT2D eigenvalue weighted by molar-refractivity contribution is 7.09. The summed E-state index contributed by atoms with van der Waals surface area (Å²) in [7, 11) is 0. The van der Waals surface area contributed by atoms with Crippen molar-refractivity contribution in [2.45, 2.75) is 26.4 Å². The van der Waals surface area contributed by atoms with Gasteiger partial charge in [-0.2, -0.15) is 0 Å². The Labute approximate surface area is 121 Å². The standard InChI is InChI=1S/C14H17N3O2S/c1-9(14-17-10(2)8-20-14)6-16-13(19)12-5-11(7-18)3-4-15-12/h3-5,8-9,18H,6-7H2,1-2H3,(H,16,19)/t9-/m1/s1. The number of nitrogens with zero attached hydrogens (tertiary/aromatic N) is 2. The van der Waals surface area contributed by atoms with Crippen molar-refractivity contribution in [2.24, 2.45) is 0 Å². The third-order valence-electron chi connectivity index (χ3n) is 2.87. The summed E-state index contributed by atoms with van der Waals surface area (Å²) in [5.41, 5.74) is 1.99. The fraction of sp³-hybridized carbons (Fsp3) is 0.357. The van der Waals surface area contributed by atoms with Gasteiger partial charge in [-0.3, -0.25) is 9.78 Å². The minimum atomic E-state index is -0.236. The zero-order valence-corrected chi connectivity index (χ0v) is 12.3. The first-order valence-electron chi connectivity index (χ1n) is 6.36. The van der Waals surface area contributed by atoms with Crippen molar-refractivity contribution in [2.75, 3.05) is 6.54 Å². The first-order chi connectivity index (χ1) is 9.60. The number of rotatable bonds is 5. The fourth-order valence-corrected chi connectivity index (χ4v) is 2.58. The van der Waals surface area contributed by atoms with Gasteiger partial charge in [-0.15, -0.1) is 11.3 Å². The Morgan fingerprint density at radius 3 is 3.00 bits per heavy atom. The lowest BCUT2D eigenvalue weighted by atomic mass is 10.2. The van der Waals surface area contributed by atoms with Crippen LogP contribution in [0.15, 0.2) is 23.7 Å². The van der Waals surface area contributed by atoms with Crippen LogP contribution in [0.4, 0.5) is 0 Å². The number of aliphatic hydroxyl groups excluding tert-OH is 1. The van der Waals surface area contributed by atoms with E-state index in [9.17, 15) is 4.79 Å². The van der Waals surface area contributed by atoms with Gasteiger partial charge < -0.3 is 10.4 Å². The lowest BCUT2D eigenvalue weighted by molar-refractivity contribution is 0.0946. The van der Waals surface area contributed by atoms with Crippen LogP contribution in [0.5, 0.6) is 0 Å². The maximum atomic E-state index is 12.0. The fourth-order valence-electron chi connectivity index (χ4n) is 1.72. The van der Waals surface area contributed by atoms with E-state index in [0.717, 1.165) is 10.7 Å². The summed E-state index contributed by atoms with van der Waals surface area (Å²) in [6.07, 6.45) is 1.52. The molecule has 20 heavy (non-hydrogen) atoms. The van der Waals surface area contributed by atoms with Gasteiger partial charge in [0.25, 0.3) is 5.91 Å². The molecule has 0 unspecified atom stereocenters. The van der Waals surface area contributed by atoms with E-state index in [-0.39, 0.29) is 18.4 Å². The number of aliphatic hydroxyl groups is 1. The van der Waals surface area contributed by atoms with E-state index >= 15 is 0 Å². The van der Waals surface area contributed by atoms with Crippen molar-refractivity contribution in [1.29, 1.82) is 0 Å². The molecule has 0 aromatic carbocycles. The van der Waals surface area contributed by atoms with Gasteiger partial charge in [-0.1, -0.05) is 6.92 Å². The molecule has 0 aliphatic rings. The molecule has 2 heterocycles. The van der Waals surface area contributed by atoms with Gasteiger partial charge in [0.1, 0.15) is 5.69 Å². The molecule has 2 aromatic rings.